The van der Waals surface area contributed by atoms with E-state index in [1.165, 1.54) is 0 Å². The van der Waals surface area contributed by atoms with Crippen molar-refractivity contribution in [1.29, 1.82) is 0 Å². The minimum Gasteiger partial charge on any atom is -0.497 e. The standard InChI is InChI=1S/C15H17O4P/c1-18-14-6-2-12(3-7-14)10-19-15-8-4-13(5-9-15)11-20(16)17/h2-9,20H,10-11H2,1H3,(H,16,17). The molecule has 0 aliphatic carbocycles. The molecule has 0 spiro atoms. The van der Waals surface area contributed by atoms with Gasteiger partial charge in [-0.05, 0) is 35.4 Å². The van der Waals surface area contributed by atoms with Crippen LogP contribution in [0.15, 0.2) is 48.5 Å². The summed E-state index contributed by atoms with van der Waals surface area (Å²) in [6.07, 6.45) is 0.212. The Kier molecular flexibility index (Phi) is 5.22. The van der Waals surface area contributed by atoms with Crippen LogP contribution in [0.4, 0.5) is 0 Å². The van der Waals surface area contributed by atoms with Gasteiger partial charge in [-0.1, -0.05) is 24.3 Å². The topological polar surface area (TPSA) is 55.8 Å². The third kappa shape index (κ3) is 4.41. The van der Waals surface area contributed by atoms with Crippen molar-refractivity contribution in [3.63, 3.8) is 0 Å². The molecule has 2 rings (SSSR count). The van der Waals surface area contributed by atoms with Gasteiger partial charge in [-0.25, -0.2) is 0 Å². The molecule has 0 saturated carbocycles. The summed E-state index contributed by atoms with van der Waals surface area (Å²) in [7, 11) is -0.831. The van der Waals surface area contributed by atoms with Gasteiger partial charge < -0.3 is 14.4 Å². The van der Waals surface area contributed by atoms with E-state index in [0.29, 0.717) is 6.61 Å². The fraction of sp³-hybridized carbons (Fsp3) is 0.200. The van der Waals surface area contributed by atoms with Crippen LogP contribution in [-0.4, -0.2) is 12.0 Å². The largest absolute Gasteiger partial charge is 0.497 e. The second kappa shape index (κ2) is 7.13. The molecule has 5 heteroatoms. The summed E-state index contributed by atoms with van der Waals surface area (Å²) in [5.74, 6) is 1.56. The Balaban J connectivity index is 1.91. The third-order valence-electron chi connectivity index (χ3n) is 2.84. The van der Waals surface area contributed by atoms with Crippen LogP contribution in [0.5, 0.6) is 11.5 Å². The highest BCUT2D eigenvalue weighted by atomic mass is 31.1. The SMILES string of the molecule is COc1ccc(COc2ccc(C[PH](=O)O)cc2)cc1. The molecule has 0 fully saturated rings. The van der Waals surface area contributed by atoms with E-state index >= 15 is 0 Å². The van der Waals surface area contributed by atoms with Crippen LogP contribution in [0.2, 0.25) is 0 Å². The van der Waals surface area contributed by atoms with Gasteiger partial charge in [0.1, 0.15) is 18.1 Å². The van der Waals surface area contributed by atoms with E-state index in [9.17, 15) is 4.57 Å². The quantitative estimate of drug-likeness (QED) is 0.830. The van der Waals surface area contributed by atoms with Crippen LogP contribution < -0.4 is 9.47 Å². The van der Waals surface area contributed by atoms with Crippen molar-refractivity contribution >= 4 is 8.03 Å². The van der Waals surface area contributed by atoms with Crippen molar-refractivity contribution in [3.05, 3.63) is 59.7 Å². The molecule has 1 N–H and O–H groups in total. The average Bonchev–Trinajstić information content (AvgIpc) is 2.46. The first-order valence-corrected chi connectivity index (χ1v) is 7.80. The first-order chi connectivity index (χ1) is 9.67. The van der Waals surface area contributed by atoms with Gasteiger partial charge in [-0.3, -0.25) is 4.57 Å². The monoisotopic (exact) mass is 292 g/mol. The second-order valence-corrected chi connectivity index (χ2v) is 5.49. The lowest BCUT2D eigenvalue weighted by atomic mass is 10.2. The molecule has 1 atom stereocenters. The second-order valence-electron chi connectivity index (χ2n) is 4.35. The Hall–Kier alpha value is -1.77. The lowest BCUT2D eigenvalue weighted by Crippen LogP contribution is -1.95. The first kappa shape index (κ1) is 14.6. The molecule has 0 saturated heterocycles. The predicted molar refractivity (Wildman–Crippen MR) is 78.7 cm³/mol. The molecule has 0 aromatic heterocycles. The summed E-state index contributed by atoms with van der Waals surface area (Å²) >= 11 is 0. The number of hydrogen-bond acceptors (Lipinski definition) is 3. The van der Waals surface area contributed by atoms with Crippen LogP contribution in [0.1, 0.15) is 11.1 Å². The van der Waals surface area contributed by atoms with Gasteiger partial charge in [-0.2, -0.15) is 0 Å². The zero-order valence-electron chi connectivity index (χ0n) is 11.2. The summed E-state index contributed by atoms with van der Waals surface area (Å²) < 4.78 is 21.5. The summed E-state index contributed by atoms with van der Waals surface area (Å²) in [6.45, 7) is 0.472. The molecule has 0 bridgehead atoms. The Bertz CT molecular complexity index is 563. The van der Waals surface area contributed by atoms with Crippen molar-refractivity contribution in [3.8, 4) is 11.5 Å². The fourth-order valence-electron chi connectivity index (χ4n) is 1.77. The number of hydrogen-bond donors (Lipinski definition) is 1. The highest BCUT2D eigenvalue weighted by Crippen LogP contribution is 2.23. The van der Waals surface area contributed by atoms with E-state index in [1.807, 2.05) is 48.5 Å². The molecule has 0 amide bonds. The van der Waals surface area contributed by atoms with E-state index in [-0.39, 0.29) is 6.16 Å². The summed E-state index contributed by atoms with van der Waals surface area (Å²) in [4.78, 5) is 8.87. The summed E-state index contributed by atoms with van der Waals surface area (Å²) in [5.41, 5.74) is 1.89. The van der Waals surface area contributed by atoms with E-state index in [1.54, 1.807) is 7.11 Å². The van der Waals surface area contributed by atoms with Crippen molar-refractivity contribution in [2.24, 2.45) is 0 Å². The van der Waals surface area contributed by atoms with E-state index < -0.39 is 8.03 Å². The average molecular weight is 292 g/mol. The first-order valence-electron chi connectivity index (χ1n) is 6.24. The number of ether oxygens (including phenoxy) is 2. The summed E-state index contributed by atoms with van der Waals surface area (Å²) in [6, 6.07) is 14.9. The predicted octanol–water partition coefficient (Wildman–Crippen LogP) is 3.24. The van der Waals surface area contributed by atoms with E-state index in [0.717, 1.165) is 22.6 Å². The molecule has 4 nitrogen and oxygen atoms in total. The van der Waals surface area contributed by atoms with Crippen LogP contribution >= 0.6 is 8.03 Å². The van der Waals surface area contributed by atoms with Crippen molar-refractivity contribution in [2.45, 2.75) is 12.8 Å². The minimum atomic E-state index is -2.46. The normalized spacial score (nSPS) is 11.9. The minimum absolute atomic E-state index is 0.212. The molecular weight excluding hydrogens is 275 g/mol. The van der Waals surface area contributed by atoms with Gasteiger partial charge in [-0.15, -0.1) is 0 Å². The molecule has 0 radical (unpaired) electrons. The molecule has 1 unspecified atom stereocenters. The Morgan fingerprint density at radius 1 is 0.950 bits per heavy atom. The molecule has 20 heavy (non-hydrogen) atoms. The lowest BCUT2D eigenvalue weighted by Gasteiger charge is -2.07. The maximum absolute atomic E-state index is 10.8. The van der Waals surface area contributed by atoms with Crippen LogP contribution in [-0.2, 0) is 17.3 Å². The number of methoxy groups -OCH3 is 1. The third-order valence-corrected chi connectivity index (χ3v) is 3.55. The van der Waals surface area contributed by atoms with Gasteiger partial charge in [0.25, 0.3) is 0 Å². The zero-order valence-corrected chi connectivity index (χ0v) is 12.2. The van der Waals surface area contributed by atoms with Crippen LogP contribution in [0, 0.1) is 0 Å². The highest BCUT2D eigenvalue weighted by Gasteiger charge is 2.00. The van der Waals surface area contributed by atoms with Crippen LogP contribution in [0.3, 0.4) is 0 Å². The smallest absolute Gasteiger partial charge is 0.193 e. The molecular formula is C15H17O4P. The van der Waals surface area contributed by atoms with Gasteiger partial charge in [0.2, 0.25) is 0 Å². The lowest BCUT2D eigenvalue weighted by molar-refractivity contribution is 0.306. The molecule has 0 aliphatic heterocycles. The van der Waals surface area contributed by atoms with E-state index in [4.69, 9.17) is 14.4 Å². The maximum Gasteiger partial charge on any atom is 0.193 e. The maximum atomic E-state index is 10.8. The molecule has 0 aliphatic rings. The number of benzene rings is 2. The fourth-order valence-corrected chi connectivity index (χ4v) is 2.35. The van der Waals surface area contributed by atoms with Gasteiger partial charge >= 0.3 is 0 Å². The van der Waals surface area contributed by atoms with Crippen LogP contribution in [0.25, 0.3) is 0 Å². The summed E-state index contributed by atoms with van der Waals surface area (Å²) in [5, 5.41) is 0. The molecule has 2 aromatic rings. The van der Waals surface area contributed by atoms with Gasteiger partial charge in [0.15, 0.2) is 8.03 Å². The zero-order chi connectivity index (χ0) is 14.4. The van der Waals surface area contributed by atoms with E-state index in [2.05, 4.69) is 0 Å². The molecule has 2 aromatic carbocycles. The Morgan fingerprint density at radius 3 is 2.05 bits per heavy atom. The highest BCUT2D eigenvalue weighted by molar-refractivity contribution is 7.37. The molecule has 0 heterocycles. The van der Waals surface area contributed by atoms with Crippen molar-refractivity contribution in [2.75, 3.05) is 7.11 Å². The van der Waals surface area contributed by atoms with Gasteiger partial charge in [0, 0.05) is 6.16 Å². The van der Waals surface area contributed by atoms with Crippen molar-refractivity contribution < 1.29 is 18.9 Å². The van der Waals surface area contributed by atoms with Gasteiger partial charge in [0.05, 0.1) is 7.11 Å². The number of rotatable bonds is 6. The van der Waals surface area contributed by atoms with Crippen molar-refractivity contribution in [1.82, 2.24) is 0 Å². The Morgan fingerprint density at radius 2 is 1.50 bits per heavy atom. The molecule has 106 valence electrons. The Labute approximate surface area is 118 Å².